The number of amides is 1. The summed E-state index contributed by atoms with van der Waals surface area (Å²) in [5.41, 5.74) is 1.83. The van der Waals surface area contributed by atoms with Crippen LogP contribution >= 0.6 is 0 Å². The fraction of sp³-hybridized carbons (Fsp3) is 0.500. The van der Waals surface area contributed by atoms with Crippen LogP contribution in [0.2, 0.25) is 0 Å². The molecule has 3 heterocycles. The highest BCUT2D eigenvalue weighted by atomic mass is 32.2. The third-order valence-corrected chi connectivity index (χ3v) is 7.46. The van der Waals surface area contributed by atoms with Gasteiger partial charge in [-0.15, -0.1) is 0 Å². The van der Waals surface area contributed by atoms with Gasteiger partial charge < -0.3 is 9.88 Å². The lowest BCUT2D eigenvalue weighted by atomic mass is 10.2. The zero-order valence-electron chi connectivity index (χ0n) is 16.1. The van der Waals surface area contributed by atoms with Crippen molar-refractivity contribution in [1.82, 2.24) is 19.2 Å². The predicted molar refractivity (Wildman–Crippen MR) is 105 cm³/mol. The SMILES string of the molecule is Cc1ccc(S(=O)(=O)N2CCC[C@H]2C(=O)NCc2cn3c(n2)CCCC3)cc1. The van der Waals surface area contributed by atoms with Crippen molar-refractivity contribution in [1.29, 1.82) is 0 Å². The molecule has 0 spiro atoms. The van der Waals surface area contributed by atoms with Crippen molar-refractivity contribution in [2.45, 2.75) is 63.1 Å². The van der Waals surface area contributed by atoms with Gasteiger partial charge in [0.05, 0.1) is 17.1 Å². The lowest BCUT2D eigenvalue weighted by molar-refractivity contribution is -0.124. The molecule has 1 amide bonds. The van der Waals surface area contributed by atoms with Gasteiger partial charge >= 0.3 is 0 Å². The molecule has 8 heteroatoms. The van der Waals surface area contributed by atoms with Crippen LogP contribution in [0.3, 0.4) is 0 Å². The summed E-state index contributed by atoms with van der Waals surface area (Å²) < 4.78 is 29.5. The van der Waals surface area contributed by atoms with Gasteiger partial charge in [0.15, 0.2) is 0 Å². The van der Waals surface area contributed by atoms with Gasteiger partial charge in [0.2, 0.25) is 15.9 Å². The molecule has 2 aliphatic heterocycles. The number of aromatic nitrogens is 2. The number of benzene rings is 1. The van der Waals surface area contributed by atoms with Crippen LogP contribution in [-0.4, -0.2) is 40.8 Å². The number of rotatable bonds is 5. The molecule has 1 atom stereocenters. The summed E-state index contributed by atoms with van der Waals surface area (Å²) in [5, 5.41) is 2.89. The summed E-state index contributed by atoms with van der Waals surface area (Å²) in [6.07, 6.45) is 6.49. The predicted octanol–water partition coefficient (Wildman–Crippen LogP) is 2.00. The number of imidazole rings is 1. The molecule has 0 aliphatic carbocycles. The van der Waals surface area contributed by atoms with Gasteiger partial charge in [-0.1, -0.05) is 17.7 Å². The Hall–Kier alpha value is -2.19. The van der Waals surface area contributed by atoms with Gasteiger partial charge in [0.1, 0.15) is 11.9 Å². The second-order valence-corrected chi connectivity index (χ2v) is 9.49. The Kier molecular flexibility index (Phi) is 5.25. The number of nitrogens with one attached hydrogen (secondary N) is 1. The Balaban J connectivity index is 1.44. The highest BCUT2D eigenvalue weighted by Crippen LogP contribution is 2.26. The Morgan fingerprint density at radius 1 is 1.18 bits per heavy atom. The average molecular weight is 403 g/mol. The molecule has 1 fully saturated rings. The van der Waals surface area contributed by atoms with Gasteiger partial charge in [-0.3, -0.25) is 4.79 Å². The van der Waals surface area contributed by atoms with Crippen molar-refractivity contribution >= 4 is 15.9 Å². The average Bonchev–Trinajstić information content (AvgIpc) is 3.33. The molecule has 0 bridgehead atoms. The first-order chi connectivity index (χ1) is 13.4. The van der Waals surface area contributed by atoms with Crippen molar-refractivity contribution in [2.75, 3.05) is 6.54 Å². The third-order valence-electron chi connectivity index (χ3n) is 5.54. The van der Waals surface area contributed by atoms with Crippen LogP contribution in [-0.2, 0) is 34.3 Å². The number of sulfonamides is 1. The van der Waals surface area contributed by atoms with Crippen molar-refractivity contribution < 1.29 is 13.2 Å². The lowest BCUT2D eigenvalue weighted by Crippen LogP contribution is -2.45. The number of nitrogens with zero attached hydrogens (tertiary/aromatic N) is 3. The Labute approximate surface area is 165 Å². The van der Waals surface area contributed by atoms with E-state index in [0.29, 0.717) is 25.9 Å². The molecule has 1 aromatic heterocycles. The summed E-state index contributed by atoms with van der Waals surface area (Å²) in [7, 11) is -3.68. The molecule has 2 aliphatic rings. The van der Waals surface area contributed by atoms with E-state index in [0.717, 1.165) is 42.9 Å². The van der Waals surface area contributed by atoms with E-state index in [1.807, 2.05) is 13.1 Å². The zero-order chi connectivity index (χ0) is 19.7. The number of fused-ring (bicyclic) bond motifs is 1. The minimum atomic E-state index is -3.68. The summed E-state index contributed by atoms with van der Waals surface area (Å²) in [6, 6.07) is 6.10. The van der Waals surface area contributed by atoms with Gasteiger partial charge in [0, 0.05) is 25.7 Å². The number of carbonyl (C=O) groups excluding carboxylic acids is 1. The quantitative estimate of drug-likeness (QED) is 0.829. The van der Waals surface area contributed by atoms with Crippen molar-refractivity contribution in [3.63, 3.8) is 0 Å². The summed E-state index contributed by atoms with van der Waals surface area (Å²) in [6.45, 7) is 3.58. The van der Waals surface area contributed by atoms with E-state index in [1.165, 1.54) is 4.31 Å². The number of hydrogen-bond donors (Lipinski definition) is 1. The third kappa shape index (κ3) is 3.71. The van der Waals surface area contributed by atoms with E-state index in [9.17, 15) is 13.2 Å². The number of carbonyl (C=O) groups is 1. The Morgan fingerprint density at radius 2 is 1.96 bits per heavy atom. The van der Waals surface area contributed by atoms with Crippen LogP contribution < -0.4 is 5.32 Å². The van der Waals surface area contributed by atoms with E-state index in [-0.39, 0.29) is 10.8 Å². The molecular weight excluding hydrogens is 376 g/mol. The maximum absolute atomic E-state index is 13.0. The van der Waals surface area contributed by atoms with Gasteiger partial charge in [-0.05, 0) is 44.7 Å². The van der Waals surface area contributed by atoms with Crippen LogP contribution in [0, 0.1) is 6.92 Å². The standard InChI is InChI=1S/C20H26N4O3S/c1-15-7-9-17(10-8-15)28(26,27)24-12-4-5-18(24)20(25)21-13-16-14-23-11-3-2-6-19(23)22-16/h7-10,14,18H,2-6,11-13H2,1H3,(H,21,25)/t18-/m0/s1. The lowest BCUT2D eigenvalue weighted by Gasteiger charge is -2.23. The summed E-state index contributed by atoms with van der Waals surface area (Å²) in [5.74, 6) is 0.819. The minimum Gasteiger partial charge on any atom is -0.349 e. The van der Waals surface area contributed by atoms with Crippen LogP contribution in [0.4, 0.5) is 0 Å². The molecule has 1 saturated heterocycles. The van der Waals surface area contributed by atoms with Gasteiger partial charge in [0.25, 0.3) is 0 Å². The highest BCUT2D eigenvalue weighted by molar-refractivity contribution is 7.89. The van der Waals surface area contributed by atoms with Gasteiger partial charge in [-0.25, -0.2) is 13.4 Å². The largest absolute Gasteiger partial charge is 0.349 e. The molecule has 0 unspecified atom stereocenters. The first-order valence-electron chi connectivity index (χ1n) is 9.86. The zero-order valence-corrected chi connectivity index (χ0v) is 16.9. The van der Waals surface area contributed by atoms with E-state index < -0.39 is 16.1 Å². The normalized spacial score (nSPS) is 20.1. The van der Waals surface area contributed by atoms with Crippen LogP contribution in [0.15, 0.2) is 35.4 Å². The highest BCUT2D eigenvalue weighted by Gasteiger charge is 2.39. The summed E-state index contributed by atoms with van der Waals surface area (Å²) in [4.78, 5) is 17.6. The molecule has 7 nitrogen and oxygen atoms in total. The first kappa shape index (κ1) is 19.1. The molecule has 150 valence electrons. The molecule has 1 N–H and O–H groups in total. The van der Waals surface area contributed by atoms with Crippen molar-refractivity contribution in [3.8, 4) is 0 Å². The monoisotopic (exact) mass is 402 g/mol. The molecule has 0 saturated carbocycles. The van der Waals surface area contributed by atoms with E-state index >= 15 is 0 Å². The van der Waals surface area contributed by atoms with E-state index in [2.05, 4.69) is 14.9 Å². The second-order valence-electron chi connectivity index (χ2n) is 7.60. The number of aryl methyl sites for hydroxylation is 3. The molecule has 28 heavy (non-hydrogen) atoms. The number of hydrogen-bond acceptors (Lipinski definition) is 4. The fourth-order valence-electron chi connectivity index (χ4n) is 3.99. The molecular formula is C20H26N4O3S. The topological polar surface area (TPSA) is 84.3 Å². The first-order valence-corrected chi connectivity index (χ1v) is 11.3. The fourth-order valence-corrected chi connectivity index (χ4v) is 5.64. The molecule has 2 aromatic rings. The summed E-state index contributed by atoms with van der Waals surface area (Å²) >= 11 is 0. The maximum atomic E-state index is 13.0. The minimum absolute atomic E-state index is 0.236. The second kappa shape index (κ2) is 7.67. The molecule has 1 aromatic carbocycles. The molecule has 4 rings (SSSR count). The van der Waals surface area contributed by atoms with Crippen LogP contribution in [0.5, 0.6) is 0 Å². The smallest absolute Gasteiger partial charge is 0.243 e. The Bertz CT molecular complexity index is 942. The van der Waals surface area contributed by atoms with Crippen molar-refractivity contribution in [2.24, 2.45) is 0 Å². The van der Waals surface area contributed by atoms with Crippen LogP contribution in [0.1, 0.15) is 42.8 Å². The Morgan fingerprint density at radius 3 is 2.71 bits per heavy atom. The molecule has 0 radical (unpaired) electrons. The van der Waals surface area contributed by atoms with Crippen molar-refractivity contribution in [3.05, 3.63) is 47.5 Å². The van der Waals surface area contributed by atoms with Crippen LogP contribution in [0.25, 0.3) is 0 Å². The maximum Gasteiger partial charge on any atom is 0.243 e. The van der Waals surface area contributed by atoms with E-state index in [4.69, 9.17) is 0 Å². The van der Waals surface area contributed by atoms with Gasteiger partial charge in [-0.2, -0.15) is 4.31 Å². The van der Waals surface area contributed by atoms with E-state index in [1.54, 1.807) is 24.3 Å².